The van der Waals surface area contributed by atoms with Crippen molar-refractivity contribution in [3.63, 3.8) is 0 Å². The molecular formula is C11H13BrO. The van der Waals surface area contributed by atoms with Crippen LogP contribution < -0.4 is 0 Å². The molecule has 1 atom stereocenters. The van der Waals surface area contributed by atoms with Gasteiger partial charge in [0.1, 0.15) is 0 Å². The fraction of sp³-hybridized carbons (Fsp3) is 0.273. The van der Waals surface area contributed by atoms with Gasteiger partial charge in [-0.2, -0.15) is 0 Å². The van der Waals surface area contributed by atoms with Crippen LogP contribution in [0.5, 0.6) is 0 Å². The first-order chi connectivity index (χ1) is 6.36. The zero-order valence-corrected chi connectivity index (χ0v) is 9.03. The van der Waals surface area contributed by atoms with E-state index in [-0.39, 0.29) is 6.10 Å². The summed E-state index contributed by atoms with van der Waals surface area (Å²) in [5, 5.41) is 0.795. The molecule has 1 unspecified atom stereocenters. The van der Waals surface area contributed by atoms with Gasteiger partial charge in [0, 0.05) is 5.33 Å². The van der Waals surface area contributed by atoms with Crippen LogP contribution in [0.2, 0.25) is 0 Å². The van der Waals surface area contributed by atoms with Crippen LogP contribution in [0, 0.1) is 0 Å². The average molecular weight is 241 g/mol. The monoisotopic (exact) mass is 240 g/mol. The van der Waals surface area contributed by atoms with E-state index in [0.29, 0.717) is 6.61 Å². The summed E-state index contributed by atoms with van der Waals surface area (Å²) in [5.74, 6) is 0. The minimum Gasteiger partial charge on any atom is -0.369 e. The predicted octanol–water partition coefficient (Wildman–Crippen LogP) is 3.15. The Morgan fingerprint density at radius 2 is 2.08 bits per heavy atom. The Morgan fingerprint density at radius 1 is 1.38 bits per heavy atom. The van der Waals surface area contributed by atoms with Crippen molar-refractivity contribution in [2.24, 2.45) is 0 Å². The smallest absolute Gasteiger partial charge is 0.0854 e. The second-order valence-corrected chi connectivity index (χ2v) is 3.37. The Bertz CT molecular complexity index is 246. The number of alkyl halides is 1. The van der Waals surface area contributed by atoms with Gasteiger partial charge in [0.15, 0.2) is 0 Å². The maximum absolute atomic E-state index is 5.56. The highest BCUT2D eigenvalue weighted by Gasteiger charge is 2.01. The molecule has 0 aromatic heterocycles. The molecule has 1 aromatic rings. The van der Waals surface area contributed by atoms with Crippen molar-refractivity contribution in [1.82, 2.24) is 0 Å². The van der Waals surface area contributed by atoms with Crippen molar-refractivity contribution in [1.29, 1.82) is 0 Å². The average Bonchev–Trinajstić information content (AvgIpc) is 2.21. The molecule has 0 bridgehead atoms. The highest BCUT2D eigenvalue weighted by atomic mass is 79.9. The first kappa shape index (κ1) is 10.5. The first-order valence-corrected chi connectivity index (χ1v) is 5.33. The third-order valence-electron chi connectivity index (χ3n) is 1.72. The lowest BCUT2D eigenvalue weighted by atomic mass is 10.2. The Kier molecular flexibility index (Phi) is 4.79. The molecule has 0 fully saturated rings. The van der Waals surface area contributed by atoms with Gasteiger partial charge in [0.05, 0.1) is 12.7 Å². The molecule has 0 aliphatic rings. The van der Waals surface area contributed by atoms with Crippen LogP contribution in [0.25, 0.3) is 0 Å². The van der Waals surface area contributed by atoms with Crippen LogP contribution in [0.15, 0.2) is 43.0 Å². The molecule has 0 radical (unpaired) electrons. The molecule has 1 aromatic carbocycles. The lowest BCUT2D eigenvalue weighted by Crippen LogP contribution is -2.10. The van der Waals surface area contributed by atoms with Gasteiger partial charge in [0.25, 0.3) is 0 Å². The van der Waals surface area contributed by atoms with E-state index in [2.05, 4.69) is 22.5 Å². The standard InChI is InChI=1S/C11H13BrO/c1-2-11(8-12)13-9-10-6-4-3-5-7-10/h2-7,11H,1,8-9H2. The number of hydrogen-bond donors (Lipinski definition) is 0. The fourth-order valence-corrected chi connectivity index (χ4v) is 1.40. The summed E-state index contributed by atoms with van der Waals surface area (Å²) in [6.45, 7) is 4.33. The third kappa shape index (κ3) is 3.75. The molecule has 1 rings (SSSR count). The molecule has 0 aliphatic carbocycles. The predicted molar refractivity (Wildman–Crippen MR) is 59.0 cm³/mol. The van der Waals surface area contributed by atoms with Gasteiger partial charge in [-0.3, -0.25) is 0 Å². The highest BCUT2D eigenvalue weighted by molar-refractivity contribution is 9.09. The van der Waals surface area contributed by atoms with Crippen LogP contribution in [0.4, 0.5) is 0 Å². The number of halogens is 1. The fourth-order valence-electron chi connectivity index (χ4n) is 0.953. The summed E-state index contributed by atoms with van der Waals surface area (Å²) in [6, 6.07) is 10.1. The Balaban J connectivity index is 2.38. The van der Waals surface area contributed by atoms with Gasteiger partial charge in [0.2, 0.25) is 0 Å². The summed E-state index contributed by atoms with van der Waals surface area (Å²) >= 11 is 3.35. The van der Waals surface area contributed by atoms with Crippen LogP contribution in [-0.4, -0.2) is 11.4 Å². The van der Waals surface area contributed by atoms with E-state index in [9.17, 15) is 0 Å². The van der Waals surface area contributed by atoms with E-state index in [4.69, 9.17) is 4.74 Å². The minimum absolute atomic E-state index is 0.0974. The van der Waals surface area contributed by atoms with Crippen LogP contribution in [0.3, 0.4) is 0 Å². The lowest BCUT2D eigenvalue weighted by Gasteiger charge is -2.10. The molecular weight excluding hydrogens is 228 g/mol. The molecule has 70 valence electrons. The summed E-state index contributed by atoms with van der Waals surface area (Å²) < 4.78 is 5.56. The normalized spacial score (nSPS) is 12.4. The minimum atomic E-state index is 0.0974. The number of hydrogen-bond acceptors (Lipinski definition) is 1. The molecule has 13 heavy (non-hydrogen) atoms. The summed E-state index contributed by atoms with van der Waals surface area (Å²) in [4.78, 5) is 0. The third-order valence-corrected chi connectivity index (χ3v) is 2.36. The van der Waals surface area contributed by atoms with E-state index in [1.807, 2.05) is 30.3 Å². The molecule has 0 heterocycles. The summed E-state index contributed by atoms with van der Waals surface area (Å²) in [6.07, 6.45) is 1.90. The zero-order chi connectivity index (χ0) is 9.52. The van der Waals surface area contributed by atoms with Crippen molar-refractivity contribution < 1.29 is 4.74 Å². The van der Waals surface area contributed by atoms with E-state index in [1.165, 1.54) is 5.56 Å². The molecule has 0 spiro atoms. The molecule has 0 saturated heterocycles. The van der Waals surface area contributed by atoms with Crippen molar-refractivity contribution in [2.75, 3.05) is 5.33 Å². The van der Waals surface area contributed by atoms with Crippen LogP contribution in [-0.2, 0) is 11.3 Å². The zero-order valence-electron chi connectivity index (χ0n) is 7.45. The number of rotatable bonds is 5. The molecule has 0 saturated carbocycles. The van der Waals surface area contributed by atoms with Gasteiger partial charge in [-0.15, -0.1) is 6.58 Å². The molecule has 2 heteroatoms. The van der Waals surface area contributed by atoms with Gasteiger partial charge < -0.3 is 4.74 Å². The quantitative estimate of drug-likeness (QED) is 0.568. The Labute approximate surface area is 87.5 Å². The highest BCUT2D eigenvalue weighted by Crippen LogP contribution is 2.05. The summed E-state index contributed by atoms with van der Waals surface area (Å²) in [5.41, 5.74) is 1.19. The van der Waals surface area contributed by atoms with Gasteiger partial charge in [-0.05, 0) is 5.56 Å². The van der Waals surface area contributed by atoms with Crippen molar-refractivity contribution in [2.45, 2.75) is 12.7 Å². The van der Waals surface area contributed by atoms with Crippen LogP contribution in [0.1, 0.15) is 5.56 Å². The van der Waals surface area contributed by atoms with Crippen LogP contribution >= 0.6 is 15.9 Å². The largest absolute Gasteiger partial charge is 0.369 e. The van der Waals surface area contributed by atoms with Crippen molar-refractivity contribution in [3.8, 4) is 0 Å². The van der Waals surface area contributed by atoms with E-state index in [0.717, 1.165) is 5.33 Å². The second-order valence-electron chi connectivity index (χ2n) is 2.73. The molecule has 1 nitrogen and oxygen atoms in total. The molecule has 0 aliphatic heterocycles. The van der Waals surface area contributed by atoms with Crippen molar-refractivity contribution in [3.05, 3.63) is 48.6 Å². The van der Waals surface area contributed by atoms with Gasteiger partial charge in [-0.25, -0.2) is 0 Å². The summed E-state index contributed by atoms with van der Waals surface area (Å²) in [7, 11) is 0. The SMILES string of the molecule is C=CC(CBr)OCc1ccccc1. The molecule has 0 N–H and O–H groups in total. The Hall–Kier alpha value is -0.600. The second kappa shape index (κ2) is 5.95. The number of benzene rings is 1. The maximum Gasteiger partial charge on any atom is 0.0854 e. The number of ether oxygens (including phenoxy) is 1. The topological polar surface area (TPSA) is 9.23 Å². The van der Waals surface area contributed by atoms with E-state index >= 15 is 0 Å². The van der Waals surface area contributed by atoms with E-state index < -0.39 is 0 Å². The van der Waals surface area contributed by atoms with Gasteiger partial charge in [-0.1, -0.05) is 52.3 Å². The molecule has 0 amide bonds. The maximum atomic E-state index is 5.56. The lowest BCUT2D eigenvalue weighted by molar-refractivity contribution is 0.0880. The first-order valence-electron chi connectivity index (χ1n) is 4.21. The van der Waals surface area contributed by atoms with E-state index in [1.54, 1.807) is 6.08 Å². The Morgan fingerprint density at radius 3 is 2.62 bits per heavy atom. The van der Waals surface area contributed by atoms with Crippen molar-refractivity contribution >= 4 is 15.9 Å². The van der Waals surface area contributed by atoms with Gasteiger partial charge >= 0.3 is 0 Å².